The number of carbonyl (C=O) groups excluding carboxylic acids is 1. The summed E-state index contributed by atoms with van der Waals surface area (Å²) in [6.07, 6.45) is 2.75. The van der Waals surface area contributed by atoms with Crippen molar-refractivity contribution in [2.45, 2.75) is 64.8 Å². The minimum absolute atomic E-state index is 0.194. The zero-order valence-electron chi connectivity index (χ0n) is 18.1. The van der Waals surface area contributed by atoms with E-state index in [1.807, 2.05) is 20.8 Å². The third kappa shape index (κ3) is 5.57. The summed E-state index contributed by atoms with van der Waals surface area (Å²) in [5.74, 6) is -2.38. The Morgan fingerprint density at radius 1 is 1.14 bits per heavy atom. The van der Waals surface area contributed by atoms with Crippen LogP contribution in [0.2, 0.25) is 18.1 Å². The van der Waals surface area contributed by atoms with E-state index in [0.717, 1.165) is 25.2 Å². The van der Waals surface area contributed by atoms with Crippen molar-refractivity contribution in [2.24, 2.45) is 5.92 Å². The van der Waals surface area contributed by atoms with Gasteiger partial charge in [0.15, 0.2) is 0 Å². The maximum absolute atomic E-state index is 15.5. The Morgan fingerprint density at radius 3 is 2.07 bits per heavy atom. The van der Waals surface area contributed by atoms with Crippen LogP contribution in [-0.4, -0.2) is 40.3 Å². The molecule has 0 saturated heterocycles. The number of hydrogen-bond donors (Lipinski definition) is 0. The van der Waals surface area contributed by atoms with E-state index in [4.69, 9.17) is 13.5 Å². The quantitative estimate of drug-likeness (QED) is 0.209. The molecule has 0 aromatic heterocycles. The predicted molar refractivity (Wildman–Crippen MR) is 110 cm³/mol. The highest BCUT2D eigenvalue weighted by Gasteiger charge is 2.60. The van der Waals surface area contributed by atoms with Gasteiger partial charge in [0.1, 0.15) is 0 Å². The molecule has 1 aliphatic rings. The first kappa shape index (κ1) is 26.0. The average molecular weight is 455 g/mol. The highest BCUT2D eigenvalue weighted by Crippen LogP contribution is 2.66. The molecule has 0 fully saturated rings. The van der Waals surface area contributed by atoms with Gasteiger partial charge in [-0.3, -0.25) is 4.57 Å². The lowest BCUT2D eigenvalue weighted by Gasteiger charge is -2.35. The summed E-state index contributed by atoms with van der Waals surface area (Å²) in [5.41, 5.74) is -4.25. The molecule has 1 unspecified atom stereocenters. The first-order chi connectivity index (χ1) is 13.6. The van der Waals surface area contributed by atoms with Gasteiger partial charge in [-0.2, -0.15) is 8.78 Å². The van der Waals surface area contributed by atoms with Gasteiger partial charge in [-0.05, 0) is 38.1 Å². The molecule has 0 aromatic carbocycles. The monoisotopic (exact) mass is 454 g/mol. The van der Waals surface area contributed by atoms with Gasteiger partial charge in [-0.1, -0.05) is 26.8 Å². The lowest BCUT2D eigenvalue weighted by molar-refractivity contribution is -0.137. The fraction of sp³-hybridized carbons (Fsp3) is 0.737. The van der Waals surface area contributed by atoms with Gasteiger partial charge in [0, 0.05) is 12.0 Å². The molecule has 1 atom stereocenters. The van der Waals surface area contributed by atoms with Crippen LogP contribution in [0.25, 0.3) is 0 Å². The minimum atomic E-state index is -4.85. The van der Waals surface area contributed by atoms with Crippen LogP contribution in [0.15, 0.2) is 23.5 Å². The Hall–Kier alpha value is -1.02. The van der Waals surface area contributed by atoms with Crippen LogP contribution in [0.1, 0.15) is 41.0 Å². The number of allylic oxidation sites excluding steroid dienone is 2. The molecule has 168 valence electrons. The van der Waals surface area contributed by atoms with E-state index in [9.17, 15) is 9.36 Å². The molecule has 0 spiro atoms. The molecule has 6 nitrogen and oxygen atoms in total. The number of carbonyl (C=O) groups is 1. The Labute approximate surface area is 173 Å². The highest BCUT2D eigenvalue weighted by molar-refractivity contribution is 7.55. The zero-order valence-corrected chi connectivity index (χ0v) is 20.0. The molecule has 0 bridgehead atoms. The standard InChI is InChI=1S/C19H33F2O6PSi/c1-7-25-28(23,26-8-2)19(20,21)17-14-15(12-13-16(17)18(22)24-6)27-29(9-3,10-4)11-5/h13-14,17H,7-12H2,1-6H3. The summed E-state index contributed by atoms with van der Waals surface area (Å²) in [6, 6.07) is 2.51. The first-order valence-electron chi connectivity index (χ1n) is 10.0. The fourth-order valence-corrected chi connectivity index (χ4v) is 7.63. The minimum Gasteiger partial charge on any atom is -0.546 e. The van der Waals surface area contributed by atoms with Crippen molar-refractivity contribution in [3.05, 3.63) is 23.5 Å². The summed E-state index contributed by atoms with van der Waals surface area (Å²) in [5, 5.41) is 0. The first-order valence-corrected chi connectivity index (χ1v) is 14.1. The van der Waals surface area contributed by atoms with Crippen LogP contribution < -0.4 is 0 Å². The van der Waals surface area contributed by atoms with E-state index in [-0.39, 0.29) is 25.2 Å². The topological polar surface area (TPSA) is 71.1 Å². The van der Waals surface area contributed by atoms with E-state index in [1.165, 1.54) is 26.0 Å². The van der Waals surface area contributed by atoms with E-state index >= 15 is 8.78 Å². The molecule has 0 N–H and O–H groups in total. The highest BCUT2D eigenvalue weighted by atomic mass is 31.2. The molecule has 0 aromatic rings. The van der Waals surface area contributed by atoms with Crippen LogP contribution in [-0.2, 0) is 27.6 Å². The summed E-state index contributed by atoms with van der Waals surface area (Å²) in [7, 11) is -5.85. The van der Waals surface area contributed by atoms with Crippen molar-refractivity contribution < 1.29 is 36.4 Å². The van der Waals surface area contributed by atoms with Crippen molar-refractivity contribution >= 4 is 21.9 Å². The second-order valence-electron chi connectivity index (χ2n) is 6.73. The van der Waals surface area contributed by atoms with Crippen LogP contribution >= 0.6 is 7.60 Å². The van der Waals surface area contributed by atoms with Crippen molar-refractivity contribution in [3.63, 3.8) is 0 Å². The Bertz CT molecular complexity index is 657. The predicted octanol–water partition coefficient (Wildman–Crippen LogP) is 5.87. The van der Waals surface area contributed by atoms with Crippen LogP contribution in [0.5, 0.6) is 0 Å². The summed E-state index contributed by atoms with van der Waals surface area (Å²) < 4.78 is 64.6. The van der Waals surface area contributed by atoms with Crippen LogP contribution in [0.4, 0.5) is 8.78 Å². The number of hydrogen-bond acceptors (Lipinski definition) is 6. The van der Waals surface area contributed by atoms with Crippen molar-refractivity contribution in [3.8, 4) is 0 Å². The van der Waals surface area contributed by atoms with Gasteiger partial charge >= 0.3 is 19.2 Å². The second-order valence-corrected chi connectivity index (χ2v) is 13.5. The van der Waals surface area contributed by atoms with E-state index in [2.05, 4.69) is 4.74 Å². The van der Waals surface area contributed by atoms with Gasteiger partial charge in [0.25, 0.3) is 0 Å². The maximum atomic E-state index is 15.5. The summed E-state index contributed by atoms with van der Waals surface area (Å²) in [6.45, 7) is 8.55. The number of ether oxygens (including phenoxy) is 1. The largest absolute Gasteiger partial charge is 0.546 e. The third-order valence-electron chi connectivity index (χ3n) is 5.25. The molecule has 0 heterocycles. The molecule has 1 rings (SSSR count). The van der Waals surface area contributed by atoms with E-state index in [0.29, 0.717) is 5.76 Å². The number of methoxy groups -OCH3 is 1. The third-order valence-corrected chi connectivity index (χ3v) is 12.0. The molecular weight excluding hydrogens is 421 g/mol. The van der Waals surface area contributed by atoms with Gasteiger partial charge in [0.05, 0.1) is 32.0 Å². The van der Waals surface area contributed by atoms with E-state index in [1.54, 1.807) is 0 Å². The molecular formula is C19H33F2O6PSi. The molecule has 0 radical (unpaired) electrons. The maximum Gasteiger partial charge on any atom is 0.400 e. The van der Waals surface area contributed by atoms with Gasteiger partial charge in [-0.25, -0.2) is 4.79 Å². The van der Waals surface area contributed by atoms with Crippen LogP contribution in [0, 0.1) is 5.92 Å². The zero-order chi connectivity index (χ0) is 22.3. The number of rotatable bonds is 12. The SMILES string of the molecule is CCOP(=O)(OCC)C(F)(F)C1C=C(O[Si](CC)(CC)CC)CC=C1C(=O)OC. The van der Waals surface area contributed by atoms with Crippen LogP contribution in [0.3, 0.4) is 0 Å². The molecule has 1 aliphatic carbocycles. The van der Waals surface area contributed by atoms with Gasteiger partial charge in [-0.15, -0.1) is 0 Å². The van der Waals surface area contributed by atoms with Crippen molar-refractivity contribution in [1.29, 1.82) is 0 Å². The summed E-state index contributed by atoms with van der Waals surface area (Å²) in [4.78, 5) is 12.2. The molecule has 29 heavy (non-hydrogen) atoms. The second kappa shape index (κ2) is 10.8. The molecule has 0 aliphatic heterocycles. The summed E-state index contributed by atoms with van der Waals surface area (Å²) >= 11 is 0. The van der Waals surface area contributed by atoms with Crippen molar-refractivity contribution in [2.75, 3.05) is 20.3 Å². The Balaban J connectivity index is 3.44. The smallest absolute Gasteiger partial charge is 0.400 e. The van der Waals surface area contributed by atoms with Crippen molar-refractivity contribution in [1.82, 2.24) is 0 Å². The Morgan fingerprint density at radius 2 is 1.66 bits per heavy atom. The normalized spacial score (nSPS) is 18.1. The lowest BCUT2D eigenvalue weighted by Crippen LogP contribution is -2.38. The molecule has 0 saturated carbocycles. The fourth-order valence-electron chi connectivity index (χ4n) is 3.34. The molecule has 0 amide bonds. The average Bonchev–Trinajstić information content (AvgIpc) is 2.71. The van der Waals surface area contributed by atoms with Gasteiger partial charge < -0.3 is 18.2 Å². The Kier molecular flexibility index (Phi) is 9.72. The lowest BCUT2D eigenvalue weighted by atomic mass is 9.92. The number of alkyl halides is 2. The number of halogens is 2. The van der Waals surface area contributed by atoms with E-state index < -0.39 is 33.5 Å². The molecule has 10 heteroatoms. The van der Waals surface area contributed by atoms with Gasteiger partial charge in [0.2, 0.25) is 8.32 Å². The number of esters is 1.